The predicted molar refractivity (Wildman–Crippen MR) is 68.5 cm³/mol. The molecule has 0 amide bonds. The van der Waals surface area contributed by atoms with Crippen LogP contribution in [0.4, 0.5) is 5.69 Å². The number of anilines is 1. The Labute approximate surface area is 101 Å². The molecule has 1 aromatic heterocycles. The normalized spacial score (nSPS) is 15.5. The van der Waals surface area contributed by atoms with Gasteiger partial charge >= 0.3 is 0 Å². The molecule has 1 aliphatic rings. The van der Waals surface area contributed by atoms with Crippen LogP contribution < -0.4 is 5.73 Å². The van der Waals surface area contributed by atoms with Crippen molar-refractivity contribution in [3.63, 3.8) is 0 Å². The first-order chi connectivity index (χ1) is 8.33. The summed E-state index contributed by atoms with van der Waals surface area (Å²) in [6.45, 7) is 0. The molecule has 0 bridgehead atoms. The number of hydrogen-bond donors (Lipinski definition) is 1. The Balaban J connectivity index is 1.97. The lowest BCUT2D eigenvalue weighted by Gasteiger charge is -2.24. The minimum atomic E-state index is 0.637. The molecule has 1 aromatic carbocycles. The Morgan fingerprint density at radius 3 is 2.76 bits per heavy atom. The number of nitrogens with two attached hydrogens (primary N) is 1. The largest absolute Gasteiger partial charge is 0.399 e. The number of benzene rings is 1. The van der Waals surface area contributed by atoms with Gasteiger partial charge in [0.2, 0.25) is 0 Å². The lowest BCUT2D eigenvalue weighted by molar-refractivity contribution is 0.411. The van der Waals surface area contributed by atoms with Crippen molar-refractivity contribution in [2.75, 3.05) is 5.73 Å². The van der Waals surface area contributed by atoms with Crippen LogP contribution in [0.2, 0.25) is 0 Å². The average molecular weight is 225 g/mol. The van der Waals surface area contributed by atoms with Crippen LogP contribution in [0.25, 0.3) is 11.4 Å². The smallest absolute Gasteiger partial charge is 0.159 e. The summed E-state index contributed by atoms with van der Waals surface area (Å²) < 4.78 is 0. The zero-order valence-electron chi connectivity index (χ0n) is 9.63. The second kappa shape index (κ2) is 4.17. The molecule has 1 aliphatic carbocycles. The van der Waals surface area contributed by atoms with Gasteiger partial charge in [-0.2, -0.15) is 0 Å². The zero-order chi connectivity index (χ0) is 11.7. The fourth-order valence-corrected chi connectivity index (χ4v) is 2.12. The lowest BCUT2D eigenvalue weighted by atomic mass is 9.83. The molecular weight excluding hydrogens is 210 g/mol. The highest BCUT2D eigenvalue weighted by Gasteiger charge is 2.21. The molecule has 0 unspecified atom stereocenters. The van der Waals surface area contributed by atoms with E-state index in [-0.39, 0.29) is 0 Å². The summed E-state index contributed by atoms with van der Waals surface area (Å²) in [6, 6.07) is 9.75. The molecule has 0 aliphatic heterocycles. The van der Waals surface area contributed by atoms with E-state index in [1.807, 2.05) is 36.5 Å². The highest BCUT2D eigenvalue weighted by atomic mass is 14.9. The standard InChI is InChI=1S/C14H15N3/c15-12-6-2-5-11(9-12)14-16-8-7-13(17-14)10-3-1-4-10/h2,5-10H,1,3-4,15H2. The summed E-state index contributed by atoms with van der Waals surface area (Å²) >= 11 is 0. The first kappa shape index (κ1) is 10.3. The molecule has 86 valence electrons. The van der Waals surface area contributed by atoms with Gasteiger partial charge in [-0.1, -0.05) is 18.6 Å². The number of nitrogens with zero attached hydrogens (tertiary/aromatic N) is 2. The van der Waals surface area contributed by atoms with E-state index in [1.54, 1.807) is 0 Å². The number of nitrogen functional groups attached to an aromatic ring is 1. The molecule has 3 rings (SSSR count). The van der Waals surface area contributed by atoms with Crippen molar-refractivity contribution in [1.29, 1.82) is 0 Å². The van der Waals surface area contributed by atoms with Crippen LogP contribution in [0.15, 0.2) is 36.5 Å². The van der Waals surface area contributed by atoms with Gasteiger partial charge in [-0.25, -0.2) is 9.97 Å². The van der Waals surface area contributed by atoms with Gasteiger partial charge < -0.3 is 5.73 Å². The van der Waals surface area contributed by atoms with Gasteiger partial charge in [0, 0.05) is 29.1 Å². The molecule has 3 heteroatoms. The number of hydrogen-bond acceptors (Lipinski definition) is 3. The van der Waals surface area contributed by atoms with Gasteiger partial charge in [-0.15, -0.1) is 0 Å². The maximum absolute atomic E-state index is 5.78. The molecule has 2 aromatic rings. The first-order valence-corrected chi connectivity index (χ1v) is 6.02. The molecule has 0 saturated heterocycles. The Morgan fingerprint density at radius 2 is 2.06 bits per heavy atom. The first-order valence-electron chi connectivity index (χ1n) is 6.02. The van der Waals surface area contributed by atoms with Crippen LogP contribution >= 0.6 is 0 Å². The van der Waals surface area contributed by atoms with Crippen LogP contribution in [0.5, 0.6) is 0 Å². The van der Waals surface area contributed by atoms with E-state index < -0.39 is 0 Å². The summed E-state index contributed by atoms with van der Waals surface area (Å²) in [4.78, 5) is 8.96. The molecule has 2 N–H and O–H groups in total. The summed E-state index contributed by atoms with van der Waals surface area (Å²) in [7, 11) is 0. The molecule has 1 fully saturated rings. The van der Waals surface area contributed by atoms with Crippen LogP contribution in [-0.4, -0.2) is 9.97 Å². The molecule has 0 atom stereocenters. The maximum Gasteiger partial charge on any atom is 0.159 e. The average Bonchev–Trinajstić information content (AvgIpc) is 2.27. The number of aromatic nitrogens is 2. The molecule has 0 radical (unpaired) electrons. The quantitative estimate of drug-likeness (QED) is 0.799. The van der Waals surface area contributed by atoms with Crippen molar-refractivity contribution >= 4 is 5.69 Å². The molecule has 3 nitrogen and oxygen atoms in total. The van der Waals surface area contributed by atoms with Gasteiger partial charge in [0.05, 0.1) is 0 Å². The van der Waals surface area contributed by atoms with Gasteiger partial charge in [-0.05, 0) is 31.0 Å². The van der Waals surface area contributed by atoms with E-state index in [0.717, 1.165) is 17.1 Å². The molecular formula is C14H15N3. The second-order valence-corrected chi connectivity index (χ2v) is 4.56. The van der Waals surface area contributed by atoms with Crippen molar-refractivity contribution in [2.24, 2.45) is 0 Å². The summed E-state index contributed by atoms with van der Waals surface area (Å²) in [6.07, 6.45) is 5.68. The van der Waals surface area contributed by atoms with E-state index in [1.165, 1.54) is 25.0 Å². The number of rotatable bonds is 2. The van der Waals surface area contributed by atoms with E-state index in [0.29, 0.717) is 5.92 Å². The van der Waals surface area contributed by atoms with Gasteiger partial charge in [-0.3, -0.25) is 0 Å². The fourth-order valence-electron chi connectivity index (χ4n) is 2.12. The maximum atomic E-state index is 5.78. The third-order valence-corrected chi connectivity index (χ3v) is 3.35. The SMILES string of the molecule is Nc1cccc(-c2nccc(C3CCC3)n2)c1. The van der Waals surface area contributed by atoms with E-state index >= 15 is 0 Å². The second-order valence-electron chi connectivity index (χ2n) is 4.56. The van der Waals surface area contributed by atoms with Crippen LogP contribution in [0, 0.1) is 0 Å². The lowest BCUT2D eigenvalue weighted by Crippen LogP contribution is -2.11. The molecule has 17 heavy (non-hydrogen) atoms. The fraction of sp³-hybridized carbons (Fsp3) is 0.286. The van der Waals surface area contributed by atoms with E-state index in [2.05, 4.69) is 9.97 Å². The van der Waals surface area contributed by atoms with Crippen LogP contribution in [-0.2, 0) is 0 Å². The Kier molecular flexibility index (Phi) is 2.52. The minimum Gasteiger partial charge on any atom is -0.399 e. The molecule has 1 heterocycles. The van der Waals surface area contributed by atoms with Crippen LogP contribution in [0.1, 0.15) is 30.9 Å². The van der Waals surface area contributed by atoms with Crippen molar-refractivity contribution in [2.45, 2.75) is 25.2 Å². The zero-order valence-corrected chi connectivity index (χ0v) is 9.63. The molecule has 0 spiro atoms. The van der Waals surface area contributed by atoms with Crippen molar-refractivity contribution in [1.82, 2.24) is 9.97 Å². The highest BCUT2D eigenvalue weighted by molar-refractivity contribution is 5.60. The summed E-state index contributed by atoms with van der Waals surface area (Å²) in [5.74, 6) is 1.42. The van der Waals surface area contributed by atoms with Gasteiger partial charge in [0.25, 0.3) is 0 Å². The van der Waals surface area contributed by atoms with Gasteiger partial charge in [0.1, 0.15) is 0 Å². The highest BCUT2D eigenvalue weighted by Crippen LogP contribution is 2.35. The minimum absolute atomic E-state index is 0.637. The third kappa shape index (κ3) is 2.00. The topological polar surface area (TPSA) is 51.8 Å². The van der Waals surface area contributed by atoms with Crippen LogP contribution in [0.3, 0.4) is 0 Å². The Hall–Kier alpha value is -1.90. The van der Waals surface area contributed by atoms with Crippen molar-refractivity contribution in [3.05, 3.63) is 42.2 Å². The Morgan fingerprint density at radius 1 is 1.18 bits per heavy atom. The van der Waals surface area contributed by atoms with E-state index in [9.17, 15) is 0 Å². The Bertz CT molecular complexity index is 532. The summed E-state index contributed by atoms with van der Waals surface area (Å²) in [5.41, 5.74) is 8.69. The van der Waals surface area contributed by atoms with E-state index in [4.69, 9.17) is 5.73 Å². The third-order valence-electron chi connectivity index (χ3n) is 3.35. The predicted octanol–water partition coefficient (Wildman–Crippen LogP) is 2.99. The monoisotopic (exact) mass is 225 g/mol. The molecule has 1 saturated carbocycles. The summed E-state index contributed by atoms with van der Waals surface area (Å²) in [5, 5.41) is 0. The van der Waals surface area contributed by atoms with Crippen molar-refractivity contribution < 1.29 is 0 Å². The van der Waals surface area contributed by atoms with Gasteiger partial charge in [0.15, 0.2) is 5.82 Å². The van der Waals surface area contributed by atoms with Crippen molar-refractivity contribution in [3.8, 4) is 11.4 Å².